The number of aliphatic carboxylic acids is 1. The fourth-order valence-electron chi connectivity index (χ4n) is 2.34. The number of amides is 1. The van der Waals surface area contributed by atoms with Crippen molar-refractivity contribution >= 4 is 18.0 Å². The second-order valence-electron chi connectivity index (χ2n) is 6.25. The average molecular weight is 353 g/mol. The summed E-state index contributed by atoms with van der Waals surface area (Å²) in [5, 5.41) is 11.6. The zero-order chi connectivity index (χ0) is 18.9. The number of carboxylic acids is 1. The first-order valence-electron chi connectivity index (χ1n) is 8.44. The van der Waals surface area contributed by atoms with Gasteiger partial charge in [-0.25, -0.2) is 4.79 Å². The zero-order valence-electron chi connectivity index (χ0n) is 14.9. The molecule has 26 heavy (non-hydrogen) atoms. The fourth-order valence-corrected chi connectivity index (χ4v) is 2.34. The van der Waals surface area contributed by atoms with Crippen LogP contribution >= 0.6 is 0 Å². The molecule has 0 fully saturated rings. The second kappa shape index (κ2) is 9.42. The Hall–Kier alpha value is -3.08. The van der Waals surface area contributed by atoms with Crippen LogP contribution in [0.5, 0.6) is 5.75 Å². The van der Waals surface area contributed by atoms with Gasteiger partial charge >= 0.3 is 5.97 Å². The van der Waals surface area contributed by atoms with Crippen LogP contribution in [0.25, 0.3) is 6.08 Å². The monoisotopic (exact) mass is 353 g/mol. The lowest BCUT2D eigenvalue weighted by molar-refractivity contribution is -0.142. The average Bonchev–Trinajstić information content (AvgIpc) is 2.63. The maximum Gasteiger partial charge on any atom is 0.326 e. The summed E-state index contributed by atoms with van der Waals surface area (Å²) < 4.78 is 5.75. The molecular formula is C21H23NO4. The Labute approximate surface area is 153 Å². The summed E-state index contributed by atoms with van der Waals surface area (Å²) in [5.41, 5.74) is 1.86. The molecule has 5 heteroatoms. The molecule has 5 nitrogen and oxygen atoms in total. The van der Waals surface area contributed by atoms with E-state index >= 15 is 0 Å². The van der Waals surface area contributed by atoms with E-state index in [-0.39, 0.29) is 5.92 Å². The number of ether oxygens (including phenoxy) is 1. The van der Waals surface area contributed by atoms with Crippen molar-refractivity contribution in [3.8, 4) is 5.75 Å². The minimum Gasteiger partial charge on any atom is -0.489 e. The molecule has 1 amide bonds. The van der Waals surface area contributed by atoms with E-state index < -0.39 is 17.9 Å². The first-order valence-corrected chi connectivity index (χ1v) is 8.44. The van der Waals surface area contributed by atoms with Crippen LogP contribution in [0.4, 0.5) is 0 Å². The molecular weight excluding hydrogens is 330 g/mol. The van der Waals surface area contributed by atoms with Crippen LogP contribution < -0.4 is 10.1 Å². The minimum absolute atomic E-state index is 0.195. The molecule has 1 atom stereocenters. The number of carbonyl (C=O) groups excluding carboxylic acids is 1. The van der Waals surface area contributed by atoms with Crippen molar-refractivity contribution < 1.29 is 19.4 Å². The Morgan fingerprint density at radius 1 is 1.12 bits per heavy atom. The topological polar surface area (TPSA) is 75.6 Å². The molecule has 136 valence electrons. The lowest BCUT2D eigenvalue weighted by Crippen LogP contribution is -2.43. The molecule has 0 aliphatic heterocycles. The lowest BCUT2D eigenvalue weighted by Gasteiger charge is -2.16. The summed E-state index contributed by atoms with van der Waals surface area (Å²) in [6.45, 7) is 3.95. The fraction of sp³-hybridized carbons (Fsp3) is 0.238. The summed E-state index contributed by atoms with van der Waals surface area (Å²) in [6.07, 6.45) is 2.96. The summed E-state index contributed by atoms with van der Waals surface area (Å²) in [6, 6.07) is 16.3. The molecule has 0 aromatic heterocycles. The standard InChI is InChI=1S/C21H23NO4/c1-15(2)20(21(24)25)22-19(23)12-11-16-9-6-10-18(13-16)26-14-17-7-4-3-5-8-17/h3-13,15,20H,14H2,1-2H3,(H,22,23)(H,24,25)/b12-11+/t20-/m1/s1. The predicted octanol–water partition coefficient (Wildman–Crippen LogP) is 3.50. The van der Waals surface area contributed by atoms with Gasteiger partial charge in [0, 0.05) is 6.08 Å². The number of carbonyl (C=O) groups is 2. The highest BCUT2D eigenvalue weighted by Gasteiger charge is 2.22. The van der Waals surface area contributed by atoms with E-state index in [9.17, 15) is 9.59 Å². The van der Waals surface area contributed by atoms with Crippen molar-refractivity contribution in [2.75, 3.05) is 0 Å². The third kappa shape index (κ3) is 6.09. The Balaban J connectivity index is 1.95. The van der Waals surface area contributed by atoms with Gasteiger partial charge in [-0.3, -0.25) is 4.79 Å². The smallest absolute Gasteiger partial charge is 0.326 e. The van der Waals surface area contributed by atoms with E-state index in [2.05, 4.69) is 5.32 Å². The summed E-state index contributed by atoms with van der Waals surface area (Å²) >= 11 is 0. The van der Waals surface area contributed by atoms with Crippen molar-refractivity contribution in [1.82, 2.24) is 5.32 Å². The summed E-state index contributed by atoms with van der Waals surface area (Å²) in [4.78, 5) is 23.1. The Kier molecular flexibility index (Phi) is 6.97. The molecule has 0 aliphatic carbocycles. The largest absolute Gasteiger partial charge is 0.489 e. The second-order valence-corrected chi connectivity index (χ2v) is 6.25. The van der Waals surface area contributed by atoms with Gasteiger partial charge in [-0.2, -0.15) is 0 Å². The molecule has 0 unspecified atom stereocenters. The van der Waals surface area contributed by atoms with Gasteiger partial charge in [-0.15, -0.1) is 0 Å². The lowest BCUT2D eigenvalue weighted by atomic mass is 10.0. The van der Waals surface area contributed by atoms with Crippen LogP contribution in [0.1, 0.15) is 25.0 Å². The van der Waals surface area contributed by atoms with E-state index in [0.717, 1.165) is 11.1 Å². The van der Waals surface area contributed by atoms with Gasteiger partial charge in [0.05, 0.1) is 0 Å². The number of nitrogens with one attached hydrogen (secondary N) is 1. The van der Waals surface area contributed by atoms with Gasteiger partial charge < -0.3 is 15.2 Å². The highest BCUT2D eigenvalue weighted by atomic mass is 16.5. The van der Waals surface area contributed by atoms with E-state index in [1.54, 1.807) is 19.9 Å². The molecule has 2 aromatic rings. The number of rotatable bonds is 8. The van der Waals surface area contributed by atoms with Crippen molar-refractivity contribution in [3.63, 3.8) is 0 Å². The predicted molar refractivity (Wildman–Crippen MR) is 101 cm³/mol. The van der Waals surface area contributed by atoms with Crippen LogP contribution in [0.15, 0.2) is 60.7 Å². The number of carboxylic acid groups (broad SMARTS) is 1. The van der Waals surface area contributed by atoms with Gasteiger partial charge in [0.25, 0.3) is 0 Å². The molecule has 0 aliphatic rings. The maximum atomic E-state index is 11.9. The van der Waals surface area contributed by atoms with Crippen molar-refractivity contribution in [2.45, 2.75) is 26.5 Å². The SMILES string of the molecule is CC(C)[C@@H](NC(=O)/C=C/c1cccc(OCc2ccccc2)c1)C(=O)O. The van der Waals surface area contributed by atoms with E-state index in [0.29, 0.717) is 12.4 Å². The highest BCUT2D eigenvalue weighted by molar-refractivity contribution is 5.94. The third-order valence-corrected chi connectivity index (χ3v) is 3.76. The van der Waals surface area contributed by atoms with Gasteiger partial charge in [-0.1, -0.05) is 56.3 Å². The molecule has 2 rings (SSSR count). The van der Waals surface area contributed by atoms with E-state index in [1.807, 2.05) is 54.6 Å². The first kappa shape index (κ1) is 19.2. The van der Waals surface area contributed by atoms with Gasteiger partial charge in [0.2, 0.25) is 5.91 Å². The van der Waals surface area contributed by atoms with Crippen LogP contribution in [0.3, 0.4) is 0 Å². The third-order valence-electron chi connectivity index (χ3n) is 3.76. The van der Waals surface area contributed by atoms with Crippen LogP contribution in [-0.4, -0.2) is 23.0 Å². The molecule has 0 radical (unpaired) electrons. The van der Waals surface area contributed by atoms with E-state index in [4.69, 9.17) is 9.84 Å². The number of hydrogen-bond donors (Lipinski definition) is 2. The van der Waals surface area contributed by atoms with Crippen LogP contribution in [0.2, 0.25) is 0 Å². The Bertz CT molecular complexity index is 769. The van der Waals surface area contributed by atoms with Crippen molar-refractivity contribution in [3.05, 3.63) is 71.8 Å². The molecule has 0 spiro atoms. The Morgan fingerprint density at radius 2 is 1.85 bits per heavy atom. The van der Waals surface area contributed by atoms with Crippen LogP contribution in [-0.2, 0) is 16.2 Å². The number of hydrogen-bond acceptors (Lipinski definition) is 3. The first-order chi connectivity index (χ1) is 12.5. The molecule has 2 N–H and O–H groups in total. The molecule has 0 saturated heterocycles. The van der Waals surface area contributed by atoms with Crippen LogP contribution in [0, 0.1) is 5.92 Å². The normalized spacial score (nSPS) is 12.1. The van der Waals surface area contributed by atoms with Gasteiger partial charge in [0.1, 0.15) is 18.4 Å². The zero-order valence-corrected chi connectivity index (χ0v) is 14.9. The summed E-state index contributed by atoms with van der Waals surface area (Å²) in [5.74, 6) is -0.985. The quantitative estimate of drug-likeness (QED) is 0.712. The van der Waals surface area contributed by atoms with Crippen molar-refractivity contribution in [1.29, 1.82) is 0 Å². The summed E-state index contributed by atoms with van der Waals surface area (Å²) in [7, 11) is 0. The van der Waals surface area contributed by atoms with Gasteiger partial charge in [0.15, 0.2) is 0 Å². The number of benzene rings is 2. The van der Waals surface area contributed by atoms with E-state index in [1.165, 1.54) is 6.08 Å². The molecule has 2 aromatic carbocycles. The van der Waals surface area contributed by atoms with Gasteiger partial charge in [-0.05, 0) is 35.3 Å². The molecule has 0 bridgehead atoms. The highest BCUT2D eigenvalue weighted by Crippen LogP contribution is 2.16. The van der Waals surface area contributed by atoms with Crippen molar-refractivity contribution in [2.24, 2.45) is 5.92 Å². The maximum absolute atomic E-state index is 11.9. The molecule has 0 heterocycles. The minimum atomic E-state index is -1.04. The Morgan fingerprint density at radius 3 is 2.50 bits per heavy atom. The molecule has 0 saturated carbocycles.